The highest BCUT2D eigenvalue weighted by molar-refractivity contribution is 5.80. The molecular weight excluding hydrogens is 192 g/mol. The van der Waals surface area contributed by atoms with Crippen LogP contribution >= 0.6 is 0 Å². The van der Waals surface area contributed by atoms with Crippen LogP contribution in [0.3, 0.4) is 0 Å². The Kier molecular flexibility index (Phi) is 3.59. The van der Waals surface area contributed by atoms with Gasteiger partial charge in [-0.2, -0.15) is 0 Å². The zero-order valence-electron chi connectivity index (χ0n) is 9.37. The normalized spacial score (nSPS) is 31.5. The van der Waals surface area contributed by atoms with E-state index in [4.69, 9.17) is 4.74 Å². The summed E-state index contributed by atoms with van der Waals surface area (Å²) in [6, 6.07) is 0. The van der Waals surface area contributed by atoms with Gasteiger partial charge in [0.25, 0.3) is 0 Å². The van der Waals surface area contributed by atoms with E-state index in [1.54, 1.807) is 0 Å². The SMILES string of the molecule is CCCC1NCC(=O)N1CC1CCOC1. The lowest BCUT2D eigenvalue weighted by Gasteiger charge is -2.26. The van der Waals surface area contributed by atoms with E-state index in [1.165, 1.54) is 0 Å². The Bertz CT molecular complexity index is 227. The van der Waals surface area contributed by atoms with E-state index in [1.807, 2.05) is 4.90 Å². The Morgan fingerprint density at radius 1 is 1.60 bits per heavy atom. The summed E-state index contributed by atoms with van der Waals surface area (Å²) in [5.41, 5.74) is 0. The van der Waals surface area contributed by atoms with Gasteiger partial charge in [-0.05, 0) is 12.8 Å². The van der Waals surface area contributed by atoms with Gasteiger partial charge in [-0.3, -0.25) is 10.1 Å². The van der Waals surface area contributed by atoms with Crippen molar-refractivity contribution in [1.82, 2.24) is 10.2 Å². The van der Waals surface area contributed by atoms with Gasteiger partial charge in [0.2, 0.25) is 5.91 Å². The maximum Gasteiger partial charge on any atom is 0.237 e. The second-order valence-electron chi connectivity index (χ2n) is 4.46. The lowest BCUT2D eigenvalue weighted by Crippen LogP contribution is -2.40. The average molecular weight is 212 g/mol. The third-order valence-electron chi connectivity index (χ3n) is 3.23. The van der Waals surface area contributed by atoms with E-state index < -0.39 is 0 Å². The maximum absolute atomic E-state index is 11.7. The molecule has 86 valence electrons. The minimum Gasteiger partial charge on any atom is -0.381 e. The van der Waals surface area contributed by atoms with Crippen molar-refractivity contribution in [2.24, 2.45) is 5.92 Å². The van der Waals surface area contributed by atoms with Gasteiger partial charge < -0.3 is 9.64 Å². The van der Waals surface area contributed by atoms with Crippen molar-refractivity contribution in [3.8, 4) is 0 Å². The van der Waals surface area contributed by atoms with Crippen LogP contribution in [-0.2, 0) is 9.53 Å². The van der Waals surface area contributed by atoms with Crippen LogP contribution in [0.4, 0.5) is 0 Å². The number of hydrogen-bond donors (Lipinski definition) is 1. The van der Waals surface area contributed by atoms with Crippen molar-refractivity contribution in [3.05, 3.63) is 0 Å². The van der Waals surface area contributed by atoms with E-state index in [-0.39, 0.29) is 12.1 Å². The van der Waals surface area contributed by atoms with Gasteiger partial charge >= 0.3 is 0 Å². The van der Waals surface area contributed by atoms with Gasteiger partial charge in [-0.1, -0.05) is 13.3 Å². The largest absolute Gasteiger partial charge is 0.381 e. The molecule has 2 saturated heterocycles. The number of amides is 1. The zero-order valence-corrected chi connectivity index (χ0v) is 9.37. The molecule has 2 rings (SSSR count). The summed E-state index contributed by atoms with van der Waals surface area (Å²) in [5.74, 6) is 0.800. The molecule has 1 amide bonds. The molecule has 2 aliphatic rings. The fraction of sp³-hybridized carbons (Fsp3) is 0.909. The second kappa shape index (κ2) is 4.94. The molecule has 1 N–H and O–H groups in total. The molecule has 0 aromatic rings. The molecule has 2 aliphatic heterocycles. The third-order valence-corrected chi connectivity index (χ3v) is 3.23. The molecule has 0 spiro atoms. The second-order valence-corrected chi connectivity index (χ2v) is 4.46. The number of hydrogen-bond acceptors (Lipinski definition) is 3. The predicted octanol–water partition coefficient (Wildman–Crippen LogP) is 0.581. The van der Waals surface area contributed by atoms with Crippen LogP contribution in [-0.4, -0.2) is 43.3 Å². The quantitative estimate of drug-likeness (QED) is 0.741. The summed E-state index contributed by atoms with van der Waals surface area (Å²) < 4.78 is 5.34. The summed E-state index contributed by atoms with van der Waals surface area (Å²) in [6.45, 7) is 5.22. The van der Waals surface area contributed by atoms with Gasteiger partial charge in [0.05, 0.1) is 19.3 Å². The summed E-state index contributed by atoms with van der Waals surface area (Å²) in [7, 11) is 0. The Morgan fingerprint density at radius 3 is 3.13 bits per heavy atom. The zero-order chi connectivity index (χ0) is 10.7. The Balaban J connectivity index is 1.88. The van der Waals surface area contributed by atoms with Crippen molar-refractivity contribution < 1.29 is 9.53 Å². The molecule has 0 bridgehead atoms. The summed E-state index contributed by atoms with van der Waals surface area (Å²) >= 11 is 0. The molecule has 2 heterocycles. The monoisotopic (exact) mass is 212 g/mol. The molecule has 0 aromatic heterocycles. The Hall–Kier alpha value is -0.610. The Morgan fingerprint density at radius 2 is 2.47 bits per heavy atom. The van der Waals surface area contributed by atoms with Crippen LogP contribution in [0.1, 0.15) is 26.2 Å². The number of ether oxygens (including phenoxy) is 1. The number of nitrogens with zero attached hydrogens (tertiary/aromatic N) is 1. The Labute approximate surface area is 91.0 Å². The third kappa shape index (κ3) is 2.49. The number of nitrogens with one attached hydrogen (secondary N) is 1. The first-order valence-electron chi connectivity index (χ1n) is 5.92. The number of carbonyl (C=O) groups excluding carboxylic acids is 1. The maximum atomic E-state index is 11.7. The fourth-order valence-corrected chi connectivity index (χ4v) is 2.36. The number of carbonyl (C=O) groups is 1. The lowest BCUT2D eigenvalue weighted by atomic mass is 10.1. The minimum atomic E-state index is 0.250. The highest BCUT2D eigenvalue weighted by atomic mass is 16.5. The standard InChI is InChI=1S/C11H20N2O2/c1-2-3-10-12-6-11(14)13(10)7-9-4-5-15-8-9/h9-10,12H,2-8H2,1H3. The van der Waals surface area contributed by atoms with E-state index in [9.17, 15) is 4.79 Å². The van der Waals surface area contributed by atoms with Crippen molar-refractivity contribution in [2.75, 3.05) is 26.3 Å². The molecule has 4 heteroatoms. The van der Waals surface area contributed by atoms with Crippen LogP contribution in [0.2, 0.25) is 0 Å². The molecule has 15 heavy (non-hydrogen) atoms. The number of rotatable bonds is 4. The molecule has 2 unspecified atom stereocenters. The molecule has 0 aliphatic carbocycles. The van der Waals surface area contributed by atoms with Gasteiger partial charge in [-0.15, -0.1) is 0 Å². The van der Waals surface area contributed by atoms with Crippen LogP contribution in [0, 0.1) is 5.92 Å². The van der Waals surface area contributed by atoms with E-state index >= 15 is 0 Å². The molecule has 0 radical (unpaired) electrons. The van der Waals surface area contributed by atoms with Crippen LogP contribution < -0.4 is 5.32 Å². The van der Waals surface area contributed by atoms with Crippen LogP contribution in [0.15, 0.2) is 0 Å². The lowest BCUT2D eigenvalue weighted by molar-refractivity contribution is -0.128. The summed E-state index contributed by atoms with van der Waals surface area (Å²) in [5, 5.41) is 3.27. The first kappa shape index (κ1) is 10.9. The van der Waals surface area contributed by atoms with E-state index in [2.05, 4.69) is 12.2 Å². The van der Waals surface area contributed by atoms with Gasteiger partial charge in [0.15, 0.2) is 0 Å². The highest BCUT2D eigenvalue weighted by Gasteiger charge is 2.32. The smallest absolute Gasteiger partial charge is 0.237 e. The highest BCUT2D eigenvalue weighted by Crippen LogP contribution is 2.18. The van der Waals surface area contributed by atoms with Crippen LogP contribution in [0.5, 0.6) is 0 Å². The first-order valence-corrected chi connectivity index (χ1v) is 5.92. The minimum absolute atomic E-state index is 0.250. The predicted molar refractivity (Wildman–Crippen MR) is 57.3 cm³/mol. The van der Waals surface area contributed by atoms with Crippen molar-refractivity contribution in [3.63, 3.8) is 0 Å². The summed E-state index contributed by atoms with van der Waals surface area (Å²) in [4.78, 5) is 13.7. The topological polar surface area (TPSA) is 41.6 Å². The first-order chi connectivity index (χ1) is 7.31. The van der Waals surface area contributed by atoms with Crippen molar-refractivity contribution in [2.45, 2.75) is 32.4 Å². The van der Waals surface area contributed by atoms with Gasteiger partial charge in [0.1, 0.15) is 0 Å². The van der Waals surface area contributed by atoms with Gasteiger partial charge in [-0.25, -0.2) is 0 Å². The van der Waals surface area contributed by atoms with E-state index in [0.29, 0.717) is 12.5 Å². The molecule has 2 fully saturated rings. The molecule has 2 atom stereocenters. The molecule has 0 saturated carbocycles. The van der Waals surface area contributed by atoms with Crippen LogP contribution in [0.25, 0.3) is 0 Å². The summed E-state index contributed by atoms with van der Waals surface area (Å²) in [6.07, 6.45) is 3.54. The molecule has 0 aromatic carbocycles. The fourth-order valence-electron chi connectivity index (χ4n) is 2.36. The molecular formula is C11H20N2O2. The molecule has 4 nitrogen and oxygen atoms in total. The van der Waals surface area contributed by atoms with Gasteiger partial charge in [0, 0.05) is 19.1 Å². The van der Waals surface area contributed by atoms with Crippen molar-refractivity contribution >= 4 is 5.91 Å². The average Bonchev–Trinajstić information content (AvgIpc) is 2.83. The van der Waals surface area contributed by atoms with Crippen molar-refractivity contribution in [1.29, 1.82) is 0 Å². The van der Waals surface area contributed by atoms with E-state index in [0.717, 1.165) is 39.0 Å².